The van der Waals surface area contributed by atoms with Crippen LogP contribution in [-0.2, 0) is 46.6 Å². The lowest BCUT2D eigenvalue weighted by Gasteiger charge is -2.40. The summed E-state index contributed by atoms with van der Waals surface area (Å²) >= 11 is 0. The number of nitrogens with zero attached hydrogens (tertiary/aromatic N) is 3. The van der Waals surface area contributed by atoms with Gasteiger partial charge in [-0.05, 0) is 79.5 Å². The van der Waals surface area contributed by atoms with Gasteiger partial charge in [0.1, 0.15) is 24.3 Å². The van der Waals surface area contributed by atoms with E-state index >= 15 is 4.39 Å². The lowest BCUT2D eigenvalue weighted by molar-refractivity contribution is -0.140. The van der Waals surface area contributed by atoms with E-state index in [9.17, 15) is 28.8 Å². The number of imidazole rings is 1. The number of rotatable bonds is 25. The fourth-order valence-electron chi connectivity index (χ4n) is 7.26. The Morgan fingerprint density at radius 1 is 0.909 bits per heavy atom. The second kappa shape index (κ2) is 25.8. The summed E-state index contributed by atoms with van der Waals surface area (Å²) in [6.45, 7) is 11.7. The zero-order valence-electron chi connectivity index (χ0n) is 38.9. The third kappa shape index (κ3) is 16.4. The summed E-state index contributed by atoms with van der Waals surface area (Å²) in [5, 5.41) is 10.6. The van der Waals surface area contributed by atoms with Crippen LogP contribution < -0.4 is 27.0 Å². The van der Waals surface area contributed by atoms with Crippen molar-refractivity contribution < 1.29 is 42.6 Å². The Hall–Kier alpha value is -6.62. The Kier molecular flexibility index (Phi) is 20.3. The predicted octanol–water partition coefficient (Wildman–Crippen LogP) is 6.17. The average Bonchev–Trinajstić information content (AvgIpc) is 3.68. The van der Waals surface area contributed by atoms with Crippen LogP contribution in [0.1, 0.15) is 95.3 Å². The highest BCUT2D eigenvalue weighted by Gasteiger charge is 2.38. The molecule has 1 heterocycles. The van der Waals surface area contributed by atoms with Gasteiger partial charge in [-0.25, -0.2) is 14.2 Å². The molecule has 4 rings (SSSR count). The maximum atomic E-state index is 15.3. The Morgan fingerprint density at radius 3 is 2.30 bits per heavy atom. The summed E-state index contributed by atoms with van der Waals surface area (Å²) in [6.07, 6.45) is 4.16. The van der Waals surface area contributed by atoms with E-state index in [2.05, 4.69) is 21.3 Å². The molecule has 66 heavy (non-hydrogen) atoms. The first-order chi connectivity index (χ1) is 31.5. The van der Waals surface area contributed by atoms with Crippen molar-refractivity contribution in [3.63, 3.8) is 0 Å². The summed E-state index contributed by atoms with van der Waals surface area (Å²) in [7, 11) is 0. The van der Waals surface area contributed by atoms with Crippen LogP contribution in [0.2, 0.25) is 0 Å². The lowest BCUT2D eigenvalue weighted by atomic mass is 9.84. The van der Waals surface area contributed by atoms with Crippen LogP contribution in [0.4, 0.5) is 14.9 Å². The van der Waals surface area contributed by atoms with Gasteiger partial charge in [-0.2, -0.15) is 0 Å². The maximum Gasteiger partial charge on any atom is 0.509 e. The van der Waals surface area contributed by atoms with Crippen molar-refractivity contribution in [3.8, 4) is 11.3 Å². The quantitative estimate of drug-likeness (QED) is 0.0290. The van der Waals surface area contributed by atoms with E-state index in [-0.39, 0.29) is 37.9 Å². The zero-order chi connectivity index (χ0) is 48.2. The van der Waals surface area contributed by atoms with E-state index in [1.807, 2.05) is 62.6 Å². The van der Waals surface area contributed by atoms with Crippen molar-refractivity contribution in [2.45, 2.75) is 98.9 Å². The minimum absolute atomic E-state index is 0.187. The van der Waals surface area contributed by atoms with Gasteiger partial charge in [0.25, 0.3) is 5.91 Å². The first-order valence-corrected chi connectivity index (χ1v) is 22.3. The Morgan fingerprint density at radius 2 is 1.64 bits per heavy atom. The van der Waals surface area contributed by atoms with Crippen molar-refractivity contribution in [3.05, 3.63) is 107 Å². The molecule has 0 aliphatic rings. The normalized spacial score (nSPS) is 12.1. The molecule has 6 N–H and O–H groups in total. The van der Waals surface area contributed by atoms with Crippen LogP contribution in [0.15, 0.2) is 79.0 Å². The number of unbranched alkanes of at least 4 members (excludes halogenated alkanes) is 2. The summed E-state index contributed by atoms with van der Waals surface area (Å²) in [5.74, 6) is -1.86. The summed E-state index contributed by atoms with van der Waals surface area (Å²) in [5.41, 5.74) is 8.95. The van der Waals surface area contributed by atoms with Crippen LogP contribution in [0, 0.1) is 24.1 Å². The number of halogens is 1. The van der Waals surface area contributed by atoms with Crippen molar-refractivity contribution >= 4 is 41.9 Å². The molecular formula is C49H65FN8O8. The minimum Gasteiger partial charge on any atom is -0.429 e. The lowest BCUT2D eigenvalue weighted by Crippen LogP contribution is -2.51. The standard InChI is InChI=1S/C49H65FN8O8/c1-33(2)44(56-41(60)16-11-8-12-24-52-32-59)47(63)53-27-42(61)54-37-20-18-36(19-21-37)30-65-48(64)66-31-43(62)58(25-13-23-51)45(49(4,5)6)46-55-40(38-26-34(3)17-22-39(38)50)29-57(46)28-35-14-9-7-10-15-35/h7,9-10,14-15,17-22,26,29,32-33,44-45H,8,11-13,16,23-25,27-28,30-31,51H2,1-6H3,(H,52,59)(H,53,63)(H,54,61)(H,56,60). The molecule has 356 valence electrons. The number of hydrogen-bond acceptors (Lipinski definition) is 10. The van der Waals surface area contributed by atoms with E-state index in [0.29, 0.717) is 67.2 Å². The smallest absolute Gasteiger partial charge is 0.429 e. The first-order valence-electron chi connectivity index (χ1n) is 22.3. The number of hydrogen-bond donors (Lipinski definition) is 5. The fourth-order valence-corrected chi connectivity index (χ4v) is 7.26. The molecule has 0 bridgehead atoms. The topological polar surface area (TPSA) is 216 Å². The van der Waals surface area contributed by atoms with Crippen LogP contribution >= 0.6 is 0 Å². The number of ether oxygens (including phenoxy) is 2. The molecule has 0 aliphatic carbocycles. The van der Waals surface area contributed by atoms with Crippen molar-refractivity contribution in [1.29, 1.82) is 0 Å². The molecule has 16 nitrogen and oxygen atoms in total. The number of aromatic nitrogens is 2. The van der Waals surface area contributed by atoms with Gasteiger partial charge in [-0.1, -0.05) is 95.1 Å². The van der Waals surface area contributed by atoms with Crippen LogP contribution in [-0.4, -0.2) is 89.5 Å². The number of carbonyl (C=O) groups excluding carboxylic acids is 6. The molecule has 2 unspecified atom stereocenters. The predicted molar refractivity (Wildman–Crippen MR) is 249 cm³/mol. The van der Waals surface area contributed by atoms with Crippen LogP contribution in [0.25, 0.3) is 11.3 Å². The molecule has 2 atom stereocenters. The molecular weight excluding hydrogens is 848 g/mol. The Balaban J connectivity index is 1.34. The van der Waals surface area contributed by atoms with Gasteiger partial charge < -0.3 is 45.9 Å². The van der Waals surface area contributed by atoms with Crippen LogP contribution in [0.3, 0.4) is 0 Å². The number of nitrogens with two attached hydrogens (primary N) is 1. The number of nitrogens with one attached hydrogen (secondary N) is 4. The molecule has 0 fully saturated rings. The monoisotopic (exact) mass is 912 g/mol. The number of anilines is 1. The number of carbonyl (C=O) groups is 6. The van der Waals surface area contributed by atoms with Crippen molar-refractivity contribution in [1.82, 2.24) is 30.4 Å². The van der Waals surface area contributed by atoms with Gasteiger partial charge in [0.15, 0.2) is 6.61 Å². The molecule has 3 aromatic carbocycles. The van der Waals surface area contributed by atoms with Gasteiger partial charge in [0, 0.05) is 43.5 Å². The van der Waals surface area contributed by atoms with E-state index in [1.165, 1.54) is 6.07 Å². The van der Waals surface area contributed by atoms with E-state index in [4.69, 9.17) is 20.2 Å². The summed E-state index contributed by atoms with van der Waals surface area (Å²) in [4.78, 5) is 81.9. The Labute approximate surface area is 386 Å². The molecule has 4 aromatic rings. The second-order valence-electron chi connectivity index (χ2n) is 17.5. The Bertz CT molecular complexity index is 2230. The van der Waals surface area contributed by atoms with Gasteiger partial charge in [-0.3, -0.25) is 24.0 Å². The number of benzene rings is 3. The van der Waals surface area contributed by atoms with Gasteiger partial charge in [0.2, 0.25) is 24.1 Å². The molecule has 0 spiro atoms. The van der Waals surface area contributed by atoms with E-state index < -0.39 is 53.8 Å². The van der Waals surface area contributed by atoms with Crippen molar-refractivity contribution in [2.24, 2.45) is 17.1 Å². The van der Waals surface area contributed by atoms with Gasteiger partial charge in [-0.15, -0.1) is 0 Å². The summed E-state index contributed by atoms with van der Waals surface area (Å²) in [6, 6.07) is 19.6. The molecule has 0 saturated carbocycles. The number of aryl methyl sites for hydroxylation is 1. The largest absolute Gasteiger partial charge is 0.509 e. The highest BCUT2D eigenvalue weighted by molar-refractivity contribution is 5.96. The minimum atomic E-state index is -1.06. The second-order valence-corrected chi connectivity index (χ2v) is 17.5. The molecule has 0 saturated heterocycles. The molecule has 1 aromatic heterocycles. The number of amides is 5. The van der Waals surface area contributed by atoms with Gasteiger partial charge in [0.05, 0.1) is 18.3 Å². The molecule has 0 aliphatic heterocycles. The molecule has 0 radical (unpaired) electrons. The molecule has 5 amide bonds. The van der Waals surface area contributed by atoms with Gasteiger partial charge >= 0.3 is 6.16 Å². The summed E-state index contributed by atoms with van der Waals surface area (Å²) < 4.78 is 27.9. The zero-order valence-corrected chi connectivity index (χ0v) is 38.9. The SMILES string of the molecule is Cc1ccc(F)c(-c2cn(Cc3ccccc3)c(C(N(CCCN)C(=O)COC(=O)OCc3ccc(NC(=O)CNC(=O)C(NC(=O)CCCCCNC=O)C(C)C)cc3)C(C)(C)C)n2)c1. The van der Waals surface area contributed by atoms with E-state index in [1.54, 1.807) is 61.3 Å². The van der Waals surface area contributed by atoms with E-state index in [0.717, 1.165) is 24.0 Å². The maximum absolute atomic E-state index is 15.3. The molecule has 17 heteroatoms. The fraction of sp³-hybridized carbons (Fsp3) is 0.449. The third-order valence-corrected chi connectivity index (χ3v) is 10.6. The highest BCUT2D eigenvalue weighted by atomic mass is 19.1. The van der Waals surface area contributed by atoms with Crippen LogP contribution in [0.5, 0.6) is 0 Å². The van der Waals surface area contributed by atoms with Crippen molar-refractivity contribution in [2.75, 3.05) is 38.1 Å². The first kappa shape index (κ1) is 52.0. The highest BCUT2D eigenvalue weighted by Crippen LogP contribution is 2.39. The third-order valence-electron chi connectivity index (χ3n) is 10.6. The average molecular weight is 913 g/mol.